The van der Waals surface area contributed by atoms with Crippen LogP contribution in [0.5, 0.6) is 5.75 Å². The van der Waals surface area contributed by atoms with Gasteiger partial charge in [0.25, 0.3) is 5.91 Å². The highest BCUT2D eigenvalue weighted by atomic mass is 16.5. The molecule has 3 N–H and O–H groups in total. The number of methoxy groups -OCH3 is 1. The summed E-state index contributed by atoms with van der Waals surface area (Å²) in [6.07, 6.45) is 0.733. The van der Waals surface area contributed by atoms with Crippen molar-refractivity contribution in [3.63, 3.8) is 0 Å². The van der Waals surface area contributed by atoms with Crippen molar-refractivity contribution in [3.8, 4) is 5.75 Å². The molecule has 28 heavy (non-hydrogen) atoms. The smallest absolute Gasteiger partial charge is 0.252 e. The van der Waals surface area contributed by atoms with Crippen molar-refractivity contribution in [1.29, 1.82) is 0 Å². The van der Waals surface area contributed by atoms with Gasteiger partial charge in [0.15, 0.2) is 0 Å². The van der Waals surface area contributed by atoms with Crippen LogP contribution in [0.2, 0.25) is 0 Å². The van der Waals surface area contributed by atoms with E-state index in [2.05, 4.69) is 20.6 Å². The van der Waals surface area contributed by atoms with E-state index in [-0.39, 0.29) is 17.7 Å². The number of hydrogen-bond donors (Lipinski definition) is 3. The van der Waals surface area contributed by atoms with Crippen molar-refractivity contribution < 1.29 is 14.3 Å². The van der Waals surface area contributed by atoms with Gasteiger partial charge >= 0.3 is 0 Å². The molecule has 2 unspecified atom stereocenters. The molecule has 1 aromatic heterocycles. The van der Waals surface area contributed by atoms with E-state index in [0.29, 0.717) is 17.3 Å². The molecule has 0 fully saturated rings. The molecule has 2 atom stereocenters. The Bertz CT molecular complexity index is 949. The van der Waals surface area contributed by atoms with Crippen molar-refractivity contribution in [2.24, 2.45) is 5.92 Å². The standard InChI is InChI=1S/C21H24N4O3/c1-4-13(2)18(24-19(26)14-8-7-9-15(12-14)28-3)20(27)25-21-22-16-10-5-6-11-17(16)23-21/h5-13,18H,4H2,1-3H3,(H,24,26)(H2,22,23,25,27). The van der Waals surface area contributed by atoms with E-state index in [1.807, 2.05) is 38.1 Å². The Morgan fingerprint density at radius 2 is 1.96 bits per heavy atom. The summed E-state index contributed by atoms with van der Waals surface area (Å²) in [6.45, 7) is 3.90. The number of para-hydroxylation sites is 2. The summed E-state index contributed by atoms with van der Waals surface area (Å²) in [7, 11) is 1.54. The molecule has 0 aliphatic heterocycles. The summed E-state index contributed by atoms with van der Waals surface area (Å²) in [5.41, 5.74) is 2.03. The highest BCUT2D eigenvalue weighted by Crippen LogP contribution is 2.17. The average molecular weight is 380 g/mol. The van der Waals surface area contributed by atoms with Crippen molar-refractivity contribution >= 4 is 28.8 Å². The summed E-state index contributed by atoms with van der Waals surface area (Å²) < 4.78 is 5.16. The molecule has 2 amide bonds. The maximum absolute atomic E-state index is 12.9. The van der Waals surface area contributed by atoms with Crippen LogP contribution < -0.4 is 15.4 Å². The van der Waals surface area contributed by atoms with Gasteiger partial charge in [0, 0.05) is 5.56 Å². The second-order valence-electron chi connectivity index (χ2n) is 6.66. The molecule has 7 heteroatoms. The summed E-state index contributed by atoms with van der Waals surface area (Å²) in [5.74, 6) is 0.238. The number of aromatic nitrogens is 2. The van der Waals surface area contributed by atoms with Gasteiger partial charge in [0.2, 0.25) is 11.9 Å². The van der Waals surface area contributed by atoms with Gasteiger partial charge in [-0.25, -0.2) is 4.98 Å². The first kappa shape index (κ1) is 19.4. The van der Waals surface area contributed by atoms with Crippen LogP contribution in [0, 0.1) is 5.92 Å². The van der Waals surface area contributed by atoms with Gasteiger partial charge in [-0.1, -0.05) is 38.5 Å². The number of aromatic amines is 1. The third-order valence-corrected chi connectivity index (χ3v) is 4.74. The number of rotatable bonds is 7. The highest BCUT2D eigenvalue weighted by molar-refractivity contribution is 6.01. The van der Waals surface area contributed by atoms with Crippen LogP contribution >= 0.6 is 0 Å². The number of imidazole rings is 1. The van der Waals surface area contributed by atoms with E-state index in [1.54, 1.807) is 31.4 Å². The topological polar surface area (TPSA) is 96.1 Å². The zero-order chi connectivity index (χ0) is 20.1. The van der Waals surface area contributed by atoms with E-state index in [4.69, 9.17) is 4.74 Å². The molecule has 2 aromatic carbocycles. The van der Waals surface area contributed by atoms with Crippen LogP contribution in [0.15, 0.2) is 48.5 Å². The van der Waals surface area contributed by atoms with Crippen molar-refractivity contribution in [2.75, 3.05) is 12.4 Å². The van der Waals surface area contributed by atoms with Gasteiger partial charge in [-0.05, 0) is 36.2 Å². The largest absolute Gasteiger partial charge is 0.497 e. The Morgan fingerprint density at radius 1 is 1.18 bits per heavy atom. The second-order valence-corrected chi connectivity index (χ2v) is 6.66. The normalized spacial score (nSPS) is 13.0. The number of ether oxygens (including phenoxy) is 1. The van der Waals surface area contributed by atoms with Gasteiger partial charge < -0.3 is 15.0 Å². The fourth-order valence-electron chi connectivity index (χ4n) is 2.90. The molecule has 7 nitrogen and oxygen atoms in total. The Hall–Kier alpha value is -3.35. The lowest BCUT2D eigenvalue weighted by Crippen LogP contribution is -2.47. The maximum Gasteiger partial charge on any atom is 0.252 e. The molecule has 3 aromatic rings. The van der Waals surface area contributed by atoms with Crippen LogP contribution in [0.3, 0.4) is 0 Å². The maximum atomic E-state index is 12.9. The van der Waals surface area contributed by atoms with E-state index >= 15 is 0 Å². The van der Waals surface area contributed by atoms with Gasteiger partial charge in [0.1, 0.15) is 11.8 Å². The number of benzene rings is 2. The number of carbonyl (C=O) groups is 2. The van der Waals surface area contributed by atoms with E-state index < -0.39 is 6.04 Å². The van der Waals surface area contributed by atoms with Crippen LogP contribution in [0.25, 0.3) is 11.0 Å². The van der Waals surface area contributed by atoms with Gasteiger partial charge in [-0.3, -0.25) is 14.9 Å². The third kappa shape index (κ3) is 4.31. The minimum Gasteiger partial charge on any atom is -0.497 e. The van der Waals surface area contributed by atoms with Crippen molar-refractivity contribution in [1.82, 2.24) is 15.3 Å². The molecule has 0 spiro atoms. The summed E-state index contributed by atoms with van der Waals surface area (Å²) in [6, 6.07) is 13.6. The summed E-state index contributed by atoms with van der Waals surface area (Å²) >= 11 is 0. The minimum absolute atomic E-state index is 0.0565. The van der Waals surface area contributed by atoms with Crippen LogP contribution in [0.1, 0.15) is 30.6 Å². The number of hydrogen-bond acceptors (Lipinski definition) is 4. The number of anilines is 1. The monoisotopic (exact) mass is 380 g/mol. The molecule has 0 aliphatic carbocycles. The summed E-state index contributed by atoms with van der Waals surface area (Å²) in [4.78, 5) is 33.0. The van der Waals surface area contributed by atoms with Crippen LogP contribution in [-0.4, -0.2) is 34.9 Å². The third-order valence-electron chi connectivity index (χ3n) is 4.74. The first-order chi connectivity index (χ1) is 13.5. The number of amides is 2. The minimum atomic E-state index is -0.697. The lowest BCUT2D eigenvalue weighted by atomic mass is 9.98. The lowest BCUT2D eigenvalue weighted by molar-refractivity contribution is -0.119. The average Bonchev–Trinajstić information content (AvgIpc) is 3.13. The Balaban J connectivity index is 1.76. The van der Waals surface area contributed by atoms with Crippen molar-refractivity contribution in [2.45, 2.75) is 26.3 Å². The predicted molar refractivity (Wildman–Crippen MR) is 108 cm³/mol. The van der Waals surface area contributed by atoms with Crippen LogP contribution in [0.4, 0.5) is 5.95 Å². The lowest BCUT2D eigenvalue weighted by Gasteiger charge is -2.23. The molecule has 146 valence electrons. The SMILES string of the molecule is CCC(C)C(NC(=O)c1cccc(OC)c1)C(=O)Nc1nc2ccccc2[nH]1. The fraction of sp³-hybridized carbons (Fsp3) is 0.286. The molecule has 0 saturated heterocycles. The van der Waals surface area contributed by atoms with Crippen molar-refractivity contribution in [3.05, 3.63) is 54.1 Å². The zero-order valence-corrected chi connectivity index (χ0v) is 16.2. The first-order valence-corrected chi connectivity index (χ1v) is 9.22. The Labute approximate surface area is 163 Å². The van der Waals surface area contributed by atoms with Gasteiger partial charge in [0.05, 0.1) is 18.1 Å². The number of carbonyl (C=O) groups excluding carboxylic acids is 2. The van der Waals surface area contributed by atoms with Gasteiger partial charge in [-0.2, -0.15) is 0 Å². The zero-order valence-electron chi connectivity index (χ0n) is 16.2. The number of nitrogens with one attached hydrogen (secondary N) is 3. The van der Waals surface area contributed by atoms with E-state index in [9.17, 15) is 9.59 Å². The number of fused-ring (bicyclic) bond motifs is 1. The molecule has 1 heterocycles. The van der Waals surface area contributed by atoms with Crippen LogP contribution in [-0.2, 0) is 4.79 Å². The number of nitrogens with zero attached hydrogens (tertiary/aromatic N) is 1. The highest BCUT2D eigenvalue weighted by Gasteiger charge is 2.27. The fourth-order valence-corrected chi connectivity index (χ4v) is 2.90. The predicted octanol–water partition coefficient (Wildman–Crippen LogP) is 3.35. The molecule has 0 saturated carbocycles. The molecule has 0 radical (unpaired) electrons. The Morgan fingerprint density at radius 3 is 2.68 bits per heavy atom. The Kier molecular flexibility index (Phi) is 5.93. The van der Waals surface area contributed by atoms with Gasteiger partial charge in [-0.15, -0.1) is 0 Å². The quantitative estimate of drug-likeness (QED) is 0.586. The number of H-pyrrole nitrogens is 1. The molecule has 3 rings (SSSR count). The molecular weight excluding hydrogens is 356 g/mol. The summed E-state index contributed by atoms with van der Waals surface area (Å²) in [5, 5.41) is 5.62. The van der Waals surface area contributed by atoms with E-state index in [0.717, 1.165) is 17.5 Å². The van der Waals surface area contributed by atoms with E-state index in [1.165, 1.54) is 0 Å². The molecule has 0 aliphatic rings. The second kappa shape index (κ2) is 8.56. The first-order valence-electron chi connectivity index (χ1n) is 9.22. The molecular formula is C21H24N4O3. The molecule has 0 bridgehead atoms.